The predicted octanol–water partition coefficient (Wildman–Crippen LogP) is 3.26. The molecule has 21 heavy (non-hydrogen) atoms. The van der Waals surface area contributed by atoms with Gasteiger partial charge in [-0.3, -0.25) is 4.48 Å². The summed E-state index contributed by atoms with van der Waals surface area (Å²) in [4.78, 5) is 5.50. The van der Waals surface area contributed by atoms with Crippen LogP contribution >= 0.6 is 0 Å². The van der Waals surface area contributed by atoms with Crippen molar-refractivity contribution in [1.29, 1.82) is 0 Å². The zero-order valence-corrected chi connectivity index (χ0v) is 14.2. The van der Waals surface area contributed by atoms with Crippen LogP contribution in [0, 0.1) is 0 Å². The molecular weight excluding hydrogens is 258 g/mol. The number of hydrogen-bond donors (Lipinski definition) is 0. The van der Waals surface area contributed by atoms with E-state index in [0.29, 0.717) is 0 Å². The van der Waals surface area contributed by atoms with Gasteiger partial charge >= 0.3 is 0 Å². The Labute approximate surface area is 131 Å². The molecule has 0 aromatic carbocycles. The van der Waals surface area contributed by atoms with E-state index >= 15 is 0 Å². The summed E-state index contributed by atoms with van der Waals surface area (Å²) in [5, 5.41) is 0. The molecule has 0 N–H and O–H groups in total. The van der Waals surface area contributed by atoms with Crippen LogP contribution in [0.4, 0.5) is 0 Å². The van der Waals surface area contributed by atoms with E-state index in [1.807, 2.05) is 0 Å². The van der Waals surface area contributed by atoms with Crippen molar-refractivity contribution in [3.05, 3.63) is 0 Å². The largest absolute Gasteiger partial charge is 0.293 e. The first-order valence-corrected chi connectivity index (χ1v) is 9.70. The fourth-order valence-electron chi connectivity index (χ4n) is 4.94. The summed E-state index contributed by atoms with van der Waals surface area (Å²) < 4.78 is 1.43. The summed E-state index contributed by atoms with van der Waals surface area (Å²) in [7, 11) is 0. The fraction of sp³-hybridized carbons (Fsp3) is 1.00. The van der Waals surface area contributed by atoms with Gasteiger partial charge in [0.15, 0.2) is 0 Å². The molecule has 3 heteroatoms. The zero-order chi connectivity index (χ0) is 14.5. The predicted molar refractivity (Wildman–Crippen MR) is 89.0 cm³/mol. The zero-order valence-electron chi connectivity index (χ0n) is 14.2. The highest BCUT2D eigenvalue weighted by Crippen LogP contribution is 2.36. The highest BCUT2D eigenvalue weighted by molar-refractivity contribution is 4.86. The Morgan fingerprint density at radius 2 is 1.24 bits per heavy atom. The van der Waals surface area contributed by atoms with Crippen molar-refractivity contribution in [2.75, 3.05) is 45.8 Å². The lowest BCUT2D eigenvalue weighted by atomic mass is 10.1. The summed E-state index contributed by atoms with van der Waals surface area (Å²) >= 11 is 0. The molecule has 3 heterocycles. The minimum atomic E-state index is 0.791. The van der Waals surface area contributed by atoms with E-state index in [9.17, 15) is 0 Å². The molecule has 0 aliphatic carbocycles. The van der Waals surface area contributed by atoms with Crippen molar-refractivity contribution in [2.24, 2.45) is 0 Å². The van der Waals surface area contributed by atoms with Crippen LogP contribution in [0.15, 0.2) is 0 Å². The van der Waals surface area contributed by atoms with Crippen LogP contribution in [-0.2, 0) is 0 Å². The third-order valence-electron chi connectivity index (χ3n) is 6.19. The fourth-order valence-corrected chi connectivity index (χ4v) is 4.94. The minimum Gasteiger partial charge on any atom is -0.293 e. The molecule has 3 fully saturated rings. The van der Waals surface area contributed by atoms with E-state index < -0.39 is 0 Å². The highest BCUT2D eigenvalue weighted by Gasteiger charge is 2.56. The van der Waals surface area contributed by atoms with Crippen LogP contribution in [0.1, 0.15) is 64.7 Å². The summed E-state index contributed by atoms with van der Waals surface area (Å²) in [5.41, 5.74) is 0. The number of nitrogens with zero attached hydrogens (tertiary/aromatic N) is 3. The van der Waals surface area contributed by atoms with E-state index in [4.69, 9.17) is 0 Å². The van der Waals surface area contributed by atoms with Crippen LogP contribution in [0.25, 0.3) is 0 Å². The van der Waals surface area contributed by atoms with Gasteiger partial charge in [0.1, 0.15) is 0 Å². The Kier molecular flexibility index (Phi) is 5.58. The molecule has 0 spiro atoms. The number of rotatable bonds is 10. The molecule has 0 unspecified atom stereocenters. The SMILES string of the molecule is CCCCCCCCCCC[N+]12CCN3CCN(CC1)C32. The normalized spacial score (nSPS) is 32.1. The standard InChI is InChI=1S/C18H36N3/c1-2-3-4-5-6-7-8-9-10-15-21-16-13-19-11-12-20(14-17-21)18(19)21/h18H,2-17H2,1H3/q+1. The van der Waals surface area contributed by atoms with Gasteiger partial charge in [0, 0.05) is 13.1 Å². The van der Waals surface area contributed by atoms with Gasteiger partial charge in [-0.25, -0.2) is 9.80 Å². The first kappa shape index (κ1) is 15.8. The molecule has 122 valence electrons. The third-order valence-corrected chi connectivity index (χ3v) is 6.19. The van der Waals surface area contributed by atoms with Gasteiger partial charge in [-0.2, -0.15) is 0 Å². The van der Waals surface area contributed by atoms with Crippen molar-refractivity contribution < 1.29 is 4.48 Å². The molecule has 0 atom stereocenters. The van der Waals surface area contributed by atoms with Crippen LogP contribution in [0.2, 0.25) is 0 Å². The Hall–Kier alpha value is -0.120. The van der Waals surface area contributed by atoms with Gasteiger partial charge < -0.3 is 0 Å². The van der Waals surface area contributed by atoms with Crippen LogP contribution in [-0.4, -0.2) is 66.4 Å². The van der Waals surface area contributed by atoms with Crippen LogP contribution in [0.3, 0.4) is 0 Å². The topological polar surface area (TPSA) is 6.48 Å². The van der Waals surface area contributed by atoms with Gasteiger partial charge in [-0.1, -0.05) is 51.9 Å². The second-order valence-corrected chi connectivity index (χ2v) is 7.64. The van der Waals surface area contributed by atoms with E-state index in [-0.39, 0.29) is 0 Å². The Balaban J connectivity index is 1.28. The second-order valence-electron chi connectivity index (χ2n) is 7.64. The molecule has 0 bridgehead atoms. The number of quaternary nitrogens is 1. The van der Waals surface area contributed by atoms with E-state index in [2.05, 4.69) is 16.7 Å². The molecule has 0 amide bonds. The number of hydrogen-bond acceptors (Lipinski definition) is 2. The lowest BCUT2D eigenvalue weighted by Gasteiger charge is -2.34. The van der Waals surface area contributed by atoms with E-state index in [1.165, 1.54) is 108 Å². The minimum absolute atomic E-state index is 0.791. The molecule has 3 saturated heterocycles. The molecule has 0 aromatic heterocycles. The Morgan fingerprint density at radius 3 is 1.81 bits per heavy atom. The molecule has 3 nitrogen and oxygen atoms in total. The van der Waals surface area contributed by atoms with Crippen molar-refractivity contribution >= 4 is 0 Å². The Bertz CT molecular complexity index is 302. The molecule has 3 rings (SSSR count). The van der Waals surface area contributed by atoms with Crippen molar-refractivity contribution in [1.82, 2.24) is 9.80 Å². The molecular formula is C18H36N3+. The van der Waals surface area contributed by atoms with Gasteiger partial charge in [0.25, 0.3) is 0 Å². The summed E-state index contributed by atoms with van der Waals surface area (Å²) in [6.45, 7) is 12.0. The third kappa shape index (κ3) is 3.46. The maximum absolute atomic E-state index is 2.75. The molecule has 0 aromatic rings. The quantitative estimate of drug-likeness (QED) is 0.451. The maximum Gasteiger partial charge on any atom is 0.205 e. The first-order chi connectivity index (χ1) is 10.4. The average molecular weight is 295 g/mol. The maximum atomic E-state index is 2.75. The van der Waals surface area contributed by atoms with Gasteiger partial charge in [0.2, 0.25) is 6.29 Å². The van der Waals surface area contributed by atoms with Gasteiger partial charge in [0.05, 0.1) is 32.7 Å². The molecule has 3 aliphatic heterocycles. The summed E-state index contributed by atoms with van der Waals surface area (Å²) in [6.07, 6.45) is 13.9. The second kappa shape index (κ2) is 7.43. The highest BCUT2D eigenvalue weighted by atomic mass is 15.7. The molecule has 0 saturated carbocycles. The van der Waals surface area contributed by atoms with E-state index in [0.717, 1.165) is 6.29 Å². The lowest BCUT2D eigenvalue weighted by Crippen LogP contribution is -2.52. The first-order valence-electron chi connectivity index (χ1n) is 9.70. The van der Waals surface area contributed by atoms with Gasteiger partial charge in [-0.05, 0) is 12.8 Å². The van der Waals surface area contributed by atoms with Crippen molar-refractivity contribution in [3.63, 3.8) is 0 Å². The molecule has 3 aliphatic rings. The molecule has 0 radical (unpaired) electrons. The van der Waals surface area contributed by atoms with Crippen LogP contribution in [0.5, 0.6) is 0 Å². The number of unbranched alkanes of at least 4 members (excludes halogenated alkanes) is 8. The van der Waals surface area contributed by atoms with Crippen molar-refractivity contribution in [3.8, 4) is 0 Å². The summed E-state index contributed by atoms with van der Waals surface area (Å²) in [5.74, 6) is 0. The smallest absolute Gasteiger partial charge is 0.205 e. The average Bonchev–Trinajstić information content (AvgIpc) is 3.15. The lowest BCUT2D eigenvalue weighted by molar-refractivity contribution is -0.936. The van der Waals surface area contributed by atoms with E-state index in [1.54, 1.807) is 0 Å². The Morgan fingerprint density at radius 1 is 0.714 bits per heavy atom. The summed E-state index contributed by atoms with van der Waals surface area (Å²) in [6, 6.07) is 0. The van der Waals surface area contributed by atoms with Crippen molar-refractivity contribution in [2.45, 2.75) is 71.0 Å². The van der Waals surface area contributed by atoms with Crippen LogP contribution < -0.4 is 0 Å². The monoisotopic (exact) mass is 294 g/mol. The van der Waals surface area contributed by atoms with Gasteiger partial charge in [-0.15, -0.1) is 0 Å².